The van der Waals surface area contributed by atoms with E-state index < -0.39 is 0 Å². The van der Waals surface area contributed by atoms with Crippen LogP contribution >= 0.6 is 23.1 Å². The standard InChI is InChI=1S/C18H20N4S2/c1-12(2)13-3-5-14(6-4-13)17-19-9-16(24-17)10-23-18-21-20-11-22(18)15-7-8-15/h3-6,9,11-12,15H,7-8,10H2,1-2H3. The largest absolute Gasteiger partial charge is 0.306 e. The number of rotatable bonds is 6. The maximum absolute atomic E-state index is 4.59. The first kappa shape index (κ1) is 15.8. The first-order valence-corrected chi connectivity index (χ1v) is 10.1. The average Bonchev–Trinajstić information content (AvgIpc) is 3.14. The van der Waals surface area contributed by atoms with Gasteiger partial charge in [-0.15, -0.1) is 21.5 Å². The lowest BCUT2D eigenvalue weighted by Gasteiger charge is -2.05. The molecule has 2 heterocycles. The van der Waals surface area contributed by atoms with E-state index in [1.54, 1.807) is 23.1 Å². The van der Waals surface area contributed by atoms with E-state index in [1.165, 1.54) is 28.8 Å². The third-order valence-electron chi connectivity index (χ3n) is 4.20. The molecule has 0 aliphatic heterocycles. The minimum absolute atomic E-state index is 0.561. The normalized spacial score (nSPS) is 14.5. The zero-order chi connectivity index (χ0) is 16.5. The molecule has 124 valence electrons. The van der Waals surface area contributed by atoms with E-state index in [0.29, 0.717) is 12.0 Å². The highest BCUT2D eigenvalue weighted by Crippen LogP contribution is 2.38. The van der Waals surface area contributed by atoms with E-state index in [1.807, 2.05) is 12.5 Å². The van der Waals surface area contributed by atoms with Gasteiger partial charge < -0.3 is 4.57 Å². The number of aromatic nitrogens is 4. The number of benzene rings is 1. The molecule has 0 atom stereocenters. The molecule has 0 N–H and O–H groups in total. The predicted octanol–water partition coefficient (Wildman–Crippen LogP) is 5.15. The van der Waals surface area contributed by atoms with Crippen LogP contribution in [0.15, 0.2) is 41.9 Å². The SMILES string of the molecule is CC(C)c1ccc(-c2ncc(CSc3nncn3C3CC3)s2)cc1. The van der Waals surface area contributed by atoms with E-state index in [0.717, 1.165) is 15.9 Å². The van der Waals surface area contributed by atoms with Crippen molar-refractivity contribution in [3.63, 3.8) is 0 Å². The average molecular weight is 357 g/mol. The summed E-state index contributed by atoms with van der Waals surface area (Å²) >= 11 is 3.51. The fraction of sp³-hybridized carbons (Fsp3) is 0.389. The van der Waals surface area contributed by atoms with Crippen molar-refractivity contribution in [1.29, 1.82) is 0 Å². The van der Waals surface area contributed by atoms with E-state index >= 15 is 0 Å². The van der Waals surface area contributed by atoms with Crippen molar-refractivity contribution >= 4 is 23.1 Å². The second-order valence-corrected chi connectivity index (χ2v) is 8.51. The molecule has 1 fully saturated rings. The highest BCUT2D eigenvalue weighted by Gasteiger charge is 2.26. The van der Waals surface area contributed by atoms with Crippen LogP contribution in [0, 0.1) is 0 Å². The quantitative estimate of drug-likeness (QED) is 0.573. The Morgan fingerprint density at radius 2 is 2.04 bits per heavy atom. The molecule has 3 aromatic rings. The van der Waals surface area contributed by atoms with Crippen LogP contribution in [0.25, 0.3) is 10.6 Å². The summed E-state index contributed by atoms with van der Waals surface area (Å²) in [6.45, 7) is 4.43. The molecule has 4 nitrogen and oxygen atoms in total. The van der Waals surface area contributed by atoms with Gasteiger partial charge in [-0.1, -0.05) is 49.9 Å². The first-order valence-electron chi connectivity index (χ1n) is 8.28. The number of hydrogen-bond acceptors (Lipinski definition) is 5. The van der Waals surface area contributed by atoms with Gasteiger partial charge in [-0.05, 0) is 24.3 Å². The van der Waals surface area contributed by atoms with E-state index in [4.69, 9.17) is 0 Å². The molecule has 1 saturated carbocycles. The van der Waals surface area contributed by atoms with Gasteiger partial charge in [-0.3, -0.25) is 0 Å². The molecule has 24 heavy (non-hydrogen) atoms. The Labute approximate surface area is 150 Å². The van der Waals surface area contributed by atoms with E-state index in [9.17, 15) is 0 Å². The molecule has 0 spiro atoms. The van der Waals surface area contributed by atoms with Gasteiger partial charge in [0.25, 0.3) is 0 Å². The van der Waals surface area contributed by atoms with Gasteiger partial charge in [0.05, 0.1) is 0 Å². The van der Waals surface area contributed by atoms with Gasteiger partial charge in [0.15, 0.2) is 5.16 Å². The Hall–Kier alpha value is -1.66. The molecule has 1 aromatic carbocycles. The molecule has 0 saturated heterocycles. The Morgan fingerprint density at radius 1 is 1.25 bits per heavy atom. The lowest BCUT2D eigenvalue weighted by molar-refractivity contribution is 0.663. The van der Waals surface area contributed by atoms with Crippen molar-refractivity contribution in [2.45, 2.75) is 49.6 Å². The van der Waals surface area contributed by atoms with Crippen LogP contribution in [-0.4, -0.2) is 19.7 Å². The van der Waals surface area contributed by atoms with Crippen LogP contribution in [0.1, 0.15) is 49.1 Å². The summed E-state index contributed by atoms with van der Waals surface area (Å²) in [5, 5.41) is 10.4. The smallest absolute Gasteiger partial charge is 0.191 e. The zero-order valence-corrected chi connectivity index (χ0v) is 15.5. The molecule has 4 rings (SSSR count). The maximum atomic E-state index is 4.59. The Balaban J connectivity index is 1.43. The van der Waals surface area contributed by atoms with Crippen LogP contribution in [0.2, 0.25) is 0 Å². The summed E-state index contributed by atoms with van der Waals surface area (Å²) in [7, 11) is 0. The lowest BCUT2D eigenvalue weighted by atomic mass is 10.0. The second kappa shape index (κ2) is 6.69. The molecule has 0 unspecified atom stereocenters. The third-order valence-corrected chi connectivity index (χ3v) is 6.44. The van der Waals surface area contributed by atoms with Crippen LogP contribution in [-0.2, 0) is 5.75 Å². The molecule has 0 amide bonds. The van der Waals surface area contributed by atoms with Gasteiger partial charge >= 0.3 is 0 Å². The summed E-state index contributed by atoms with van der Waals surface area (Å²) in [5.41, 5.74) is 2.56. The van der Waals surface area contributed by atoms with Crippen molar-refractivity contribution in [2.75, 3.05) is 0 Å². The molecular weight excluding hydrogens is 336 g/mol. The summed E-state index contributed by atoms with van der Waals surface area (Å²) in [5.74, 6) is 1.46. The number of thiazole rings is 1. The van der Waals surface area contributed by atoms with Gasteiger partial charge in [0, 0.05) is 28.4 Å². The van der Waals surface area contributed by atoms with Gasteiger partial charge in [-0.2, -0.15) is 0 Å². The molecular formula is C18H20N4S2. The second-order valence-electron chi connectivity index (χ2n) is 6.45. The van der Waals surface area contributed by atoms with Gasteiger partial charge in [0.1, 0.15) is 11.3 Å². The minimum Gasteiger partial charge on any atom is -0.306 e. The van der Waals surface area contributed by atoms with E-state index in [-0.39, 0.29) is 0 Å². The minimum atomic E-state index is 0.561. The number of hydrogen-bond donors (Lipinski definition) is 0. The molecule has 2 aromatic heterocycles. The summed E-state index contributed by atoms with van der Waals surface area (Å²) in [6.07, 6.45) is 6.35. The molecule has 1 aliphatic rings. The fourth-order valence-corrected chi connectivity index (χ4v) is 4.51. The summed E-state index contributed by atoms with van der Waals surface area (Å²) in [6, 6.07) is 9.38. The van der Waals surface area contributed by atoms with Gasteiger partial charge in [0.2, 0.25) is 0 Å². The van der Waals surface area contributed by atoms with E-state index in [2.05, 4.69) is 57.9 Å². The van der Waals surface area contributed by atoms with Crippen molar-refractivity contribution in [3.05, 3.63) is 47.2 Å². The van der Waals surface area contributed by atoms with Crippen LogP contribution < -0.4 is 0 Å². The Bertz CT molecular complexity index is 816. The third kappa shape index (κ3) is 3.39. The topological polar surface area (TPSA) is 43.6 Å². The van der Waals surface area contributed by atoms with Crippen LogP contribution in [0.5, 0.6) is 0 Å². The lowest BCUT2D eigenvalue weighted by Crippen LogP contribution is -1.94. The number of thioether (sulfide) groups is 1. The van der Waals surface area contributed by atoms with Gasteiger partial charge in [-0.25, -0.2) is 4.98 Å². The first-order chi connectivity index (χ1) is 11.7. The molecule has 6 heteroatoms. The monoisotopic (exact) mass is 356 g/mol. The fourth-order valence-electron chi connectivity index (χ4n) is 2.59. The summed E-state index contributed by atoms with van der Waals surface area (Å²) in [4.78, 5) is 5.86. The summed E-state index contributed by atoms with van der Waals surface area (Å²) < 4.78 is 2.21. The Morgan fingerprint density at radius 3 is 2.75 bits per heavy atom. The molecule has 0 bridgehead atoms. The Kier molecular flexibility index (Phi) is 4.41. The number of nitrogens with zero attached hydrogens (tertiary/aromatic N) is 4. The van der Waals surface area contributed by atoms with Crippen molar-refractivity contribution < 1.29 is 0 Å². The molecule has 0 radical (unpaired) electrons. The van der Waals surface area contributed by atoms with Crippen molar-refractivity contribution in [3.8, 4) is 10.6 Å². The predicted molar refractivity (Wildman–Crippen MR) is 99.5 cm³/mol. The molecule has 1 aliphatic carbocycles. The highest BCUT2D eigenvalue weighted by molar-refractivity contribution is 7.98. The van der Waals surface area contributed by atoms with Crippen molar-refractivity contribution in [1.82, 2.24) is 19.7 Å². The van der Waals surface area contributed by atoms with Crippen LogP contribution in [0.4, 0.5) is 0 Å². The zero-order valence-electron chi connectivity index (χ0n) is 13.8. The maximum Gasteiger partial charge on any atom is 0.191 e. The van der Waals surface area contributed by atoms with Crippen LogP contribution in [0.3, 0.4) is 0 Å². The van der Waals surface area contributed by atoms with Crippen molar-refractivity contribution in [2.24, 2.45) is 0 Å². The highest BCUT2D eigenvalue weighted by atomic mass is 32.2.